The van der Waals surface area contributed by atoms with Gasteiger partial charge in [0.2, 0.25) is 5.91 Å². The van der Waals surface area contributed by atoms with Gasteiger partial charge in [0.15, 0.2) is 0 Å². The third-order valence-corrected chi connectivity index (χ3v) is 4.09. The van der Waals surface area contributed by atoms with E-state index in [0.717, 1.165) is 6.54 Å². The maximum absolute atomic E-state index is 12.4. The number of non-ortho nitro benzene ring substituents is 1. The summed E-state index contributed by atoms with van der Waals surface area (Å²) >= 11 is 0. The number of likely N-dealkylation sites (N-methyl/N-ethyl adjacent to an activating group) is 1. The average molecular weight is 335 g/mol. The Bertz CT molecular complexity index is 574. The number of rotatable bonds is 7. The molecule has 7 nitrogen and oxygen atoms in total. The second-order valence-corrected chi connectivity index (χ2v) is 6.43. The molecule has 1 fully saturated rings. The van der Waals surface area contributed by atoms with Gasteiger partial charge in [-0.2, -0.15) is 0 Å². The Balaban J connectivity index is 2.08. The number of anilines is 1. The first-order chi connectivity index (χ1) is 11.4. The first kappa shape index (κ1) is 18.4. The molecule has 1 aliphatic rings. The minimum Gasteiger partial charge on any atom is -0.379 e. The van der Waals surface area contributed by atoms with Crippen molar-refractivity contribution >= 4 is 17.3 Å². The molecule has 1 aliphatic heterocycles. The highest BCUT2D eigenvalue weighted by Crippen LogP contribution is 2.23. The molecule has 0 saturated carbocycles. The summed E-state index contributed by atoms with van der Waals surface area (Å²) in [7, 11) is 0. The first-order valence-electron chi connectivity index (χ1n) is 8.29. The lowest BCUT2D eigenvalue weighted by Gasteiger charge is -2.40. The molecule has 0 N–H and O–H groups in total. The van der Waals surface area contributed by atoms with Crippen LogP contribution in [-0.4, -0.2) is 54.6 Å². The molecule has 0 bridgehead atoms. The number of nitro benzene ring substituents is 1. The number of nitro groups is 1. The number of hydrogen-bond donors (Lipinski definition) is 0. The third kappa shape index (κ3) is 4.52. The van der Waals surface area contributed by atoms with Gasteiger partial charge < -0.3 is 9.64 Å². The Kier molecular flexibility index (Phi) is 6.28. The Morgan fingerprint density at radius 1 is 1.33 bits per heavy atom. The minimum absolute atomic E-state index is 0.00538. The Labute approximate surface area is 142 Å². The first-order valence-corrected chi connectivity index (χ1v) is 8.29. The predicted molar refractivity (Wildman–Crippen MR) is 92.1 cm³/mol. The quantitative estimate of drug-likeness (QED) is 0.564. The van der Waals surface area contributed by atoms with E-state index in [4.69, 9.17) is 4.74 Å². The van der Waals surface area contributed by atoms with E-state index in [-0.39, 0.29) is 17.6 Å². The molecule has 0 aromatic heterocycles. The molecule has 24 heavy (non-hydrogen) atoms. The molecular formula is C17H25N3O4. The largest absolute Gasteiger partial charge is 0.379 e. The van der Waals surface area contributed by atoms with E-state index in [9.17, 15) is 14.9 Å². The van der Waals surface area contributed by atoms with Crippen LogP contribution in [0.2, 0.25) is 0 Å². The molecule has 1 amide bonds. The zero-order chi connectivity index (χ0) is 17.7. The number of carbonyl (C=O) groups is 1. The van der Waals surface area contributed by atoms with E-state index in [1.807, 2.05) is 6.92 Å². The van der Waals surface area contributed by atoms with Crippen molar-refractivity contribution in [2.75, 3.05) is 37.7 Å². The van der Waals surface area contributed by atoms with Gasteiger partial charge in [-0.05, 0) is 24.6 Å². The fourth-order valence-electron chi connectivity index (χ4n) is 2.79. The Morgan fingerprint density at radius 3 is 2.54 bits per heavy atom. The van der Waals surface area contributed by atoms with E-state index < -0.39 is 4.92 Å². The molecule has 1 saturated heterocycles. The van der Waals surface area contributed by atoms with Crippen molar-refractivity contribution in [2.45, 2.75) is 26.8 Å². The summed E-state index contributed by atoms with van der Waals surface area (Å²) in [5.74, 6) is 0.474. The number of amides is 1. The molecule has 1 aromatic rings. The molecule has 0 spiro atoms. The zero-order valence-electron chi connectivity index (χ0n) is 14.5. The lowest BCUT2D eigenvalue weighted by atomic mass is 10.1. The van der Waals surface area contributed by atoms with Gasteiger partial charge in [-0.15, -0.1) is 0 Å². The number of piperazine rings is 1. The standard InChI is InChI=1S/C17H25N3O4/c1-4-18-10-17(21)19(9-16(18)12-24-11-13(2)3)14-5-7-15(8-6-14)20(22)23/h5-8,13,16H,4,9-12H2,1-3H3. The van der Waals surface area contributed by atoms with Gasteiger partial charge in [-0.25, -0.2) is 0 Å². The summed E-state index contributed by atoms with van der Waals surface area (Å²) in [5, 5.41) is 10.8. The topological polar surface area (TPSA) is 75.9 Å². The smallest absolute Gasteiger partial charge is 0.269 e. The van der Waals surface area contributed by atoms with Crippen LogP contribution in [0, 0.1) is 16.0 Å². The van der Waals surface area contributed by atoms with E-state index in [1.54, 1.807) is 17.0 Å². The number of carbonyl (C=O) groups excluding carboxylic acids is 1. The van der Waals surface area contributed by atoms with Gasteiger partial charge in [0.1, 0.15) is 0 Å². The van der Waals surface area contributed by atoms with Crippen molar-refractivity contribution in [3.63, 3.8) is 0 Å². The Morgan fingerprint density at radius 2 is 2.00 bits per heavy atom. The van der Waals surface area contributed by atoms with Gasteiger partial charge >= 0.3 is 0 Å². The molecule has 1 unspecified atom stereocenters. The van der Waals surface area contributed by atoms with Crippen LogP contribution >= 0.6 is 0 Å². The van der Waals surface area contributed by atoms with Crippen molar-refractivity contribution in [3.05, 3.63) is 34.4 Å². The van der Waals surface area contributed by atoms with Crippen LogP contribution in [0.4, 0.5) is 11.4 Å². The van der Waals surface area contributed by atoms with Crippen molar-refractivity contribution < 1.29 is 14.5 Å². The van der Waals surface area contributed by atoms with Crippen LogP contribution in [-0.2, 0) is 9.53 Å². The number of nitrogens with zero attached hydrogens (tertiary/aromatic N) is 3. The second kappa shape index (κ2) is 8.21. The van der Waals surface area contributed by atoms with Gasteiger partial charge in [-0.1, -0.05) is 20.8 Å². The van der Waals surface area contributed by atoms with Crippen LogP contribution in [0.15, 0.2) is 24.3 Å². The van der Waals surface area contributed by atoms with Gasteiger partial charge in [0, 0.05) is 31.0 Å². The summed E-state index contributed by atoms with van der Waals surface area (Å²) in [6.07, 6.45) is 0. The minimum atomic E-state index is -0.441. The van der Waals surface area contributed by atoms with E-state index in [0.29, 0.717) is 37.9 Å². The van der Waals surface area contributed by atoms with Crippen LogP contribution < -0.4 is 4.90 Å². The highest BCUT2D eigenvalue weighted by Gasteiger charge is 2.32. The van der Waals surface area contributed by atoms with Crippen molar-refractivity contribution in [2.24, 2.45) is 5.92 Å². The number of ether oxygens (including phenoxy) is 1. The van der Waals surface area contributed by atoms with Gasteiger partial charge in [-0.3, -0.25) is 19.8 Å². The number of benzene rings is 1. The van der Waals surface area contributed by atoms with Crippen molar-refractivity contribution in [1.29, 1.82) is 0 Å². The summed E-state index contributed by atoms with van der Waals surface area (Å²) in [5.41, 5.74) is 0.713. The molecule has 132 valence electrons. The van der Waals surface area contributed by atoms with Crippen molar-refractivity contribution in [3.8, 4) is 0 Å². The van der Waals surface area contributed by atoms with Crippen LogP contribution in [0.5, 0.6) is 0 Å². The van der Waals surface area contributed by atoms with E-state index in [2.05, 4.69) is 18.7 Å². The van der Waals surface area contributed by atoms with Crippen molar-refractivity contribution in [1.82, 2.24) is 4.90 Å². The second-order valence-electron chi connectivity index (χ2n) is 6.43. The molecule has 1 atom stereocenters. The van der Waals surface area contributed by atoms with E-state index >= 15 is 0 Å². The van der Waals surface area contributed by atoms with Gasteiger partial charge in [0.05, 0.1) is 24.1 Å². The van der Waals surface area contributed by atoms with Crippen LogP contribution in [0.25, 0.3) is 0 Å². The highest BCUT2D eigenvalue weighted by molar-refractivity contribution is 5.95. The summed E-state index contributed by atoms with van der Waals surface area (Å²) < 4.78 is 5.77. The predicted octanol–water partition coefficient (Wildman–Crippen LogP) is 2.30. The molecule has 1 aromatic carbocycles. The summed E-state index contributed by atoms with van der Waals surface area (Å²) in [4.78, 5) is 26.5. The summed E-state index contributed by atoms with van der Waals surface area (Å²) in [6.45, 7) is 9.16. The molecule has 7 heteroatoms. The fraction of sp³-hybridized carbons (Fsp3) is 0.588. The third-order valence-electron chi connectivity index (χ3n) is 4.09. The zero-order valence-corrected chi connectivity index (χ0v) is 14.5. The highest BCUT2D eigenvalue weighted by atomic mass is 16.6. The molecule has 0 aliphatic carbocycles. The molecule has 0 radical (unpaired) electrons. The molecule has 1 heterocycles. The molecule has 2 rings (SSSR count). The maximum atomic E-state index is 12.4. The van der Waals surface area contributed by atoms with Gasteiger partial charge in [0.25, 0.3) is 5.69 Å². The SMILES string of the molecule is CCN1CC(=O)N(c2ccc([N+](=O)[O-])cc2)CC1COCC(C)C. The van der Waals surface area contributed by atoms with Crippen LogP contribution in [0.1, 0.15) is 20.8 Å². The lowest BCUT2D eigenvalue weighted by molar-refractivity contribution is -0.384. The number of hydrogen-bond acceptors (Lipinski definition) is 5. The lowest BCUT2D eigenvalue weighted by Crippen LogP contribution is -2.57. The monoisotopic (exact) mass is 335 g/mol. The maximum Gasteiger partial charge on any atom is 0.269 e. The van der Waals surface area contributed by atoms with E-state index in [1.165, 1.54) is 12.1 Å². The average Bonchev–Trinajstić information content (AvgIpc) is 2.55. The normalized spacial score (nSPS) is 19.1. The molecular weight excluding hydrogens is 310 g/mol. The summed E-state index contributed by atoms with van der Waals surface area (Å²) in [6, 6.07) is 6.24. The Hall–Kier alpha value is -1.99. The van der Waals surface area contributed by atoms with Crippen LogP contribution in [0.3, 0.4) is 0 Å². The fourth-order valence-corrected chi connectivity index (χ4v) is 2.79.